The predicted molar refractivity (Wildman–Crippen MR) is 133 cm³/mol. The van der Waals surface area contributed by atoms with Crippen LogP contribution >= 0.6 is 23.8 Å². The van der Waals surface area contributed by atoms with Gasteiger partial charge >= 0.3 is 12.1 Å². The molecule has 3 aromatic carbocycles. The molecule has 0 aromatic heterocycles. The van der Waals surface area contributed by atoms with Gasteiger partial charge in [0, 0.05) is 29.4 Å². The zero-order valence-corrected chi connectivity index (χ0v) is 19.9. The van der Waals surface area contributed by atoms with Crippen molar-refractivity contribution in [2.24, 2.45) is 0 Å². The lowest BCUT2D eigenvalue weighted by molar-refractivity contribution is -0.186. The molecule has 35 heavy (non-hydrogen) atoms. The number of halogens is 4. The van der Waals surface area contributed by atoms with Crippen LogP contribution in [-0.2, 0) is 17.8 Å². The van der Waals surface area contributed by atoms with E-state index in [0.717, 1.165) is 10.5 Å². The van der Waals surface area contributed by atoms with Crippen molar-refractivity contribution >= 4 is 46.4 Å². The fourth-order valence-corrected chi connectivity index (χ4v) is 3.66. The molecule has 0 fully saturated rings. The third kappa shape index (κ3) is 8.08. The van der Waals surface area contributed by atoms with E-state index in [1.807, 2.05) is 0 Å². The molecule has 5 nitrogen and oxygen atoms in total. The van der Waals surface area contributed by atoms with Gasteiger partial charge in [-0.15, -0.1) is 0 Å². The highest BCUT2D eigenvalue weighted by Gasteiger charge is 2.42. The first-order chi connectivity index (χ1) is 16.6. The lowest BCUT2D eigenvalue weighted by atomic mass is 10.1. The maximum absolute atomic E-state index is 13.1. The fourth-order valence-electron chi connectivity index (χ4n) is 3.23. The zero-order valence-electron chi connectivity index (χ0n) is 18.3. The second-order valence-electron chi connectivity index (χ2n) is 7.58. The summed E-state index contributed by atoms with van der Waals surface area (Å²) in [5.74, 6) is -2.26. The standard InChI is InChI=1S/C25H21ClF3N3O2S/c26-20-8-4-5-18(15-20)16-32(23(34)25(27,28)29)14-13-17-9-11-21(12-10-17)30-24(35)31-22(33)19-6-2-1-3-7-19/h1-12,15H,13-14,16H2,(H2,30,31,33,35). The summed E-state index contributed by atoms with van der Waals surface area (Å²) in [5.41, 5.74) is 2.28. The first kappa shape index (κ1) is 26.2. The average molecular weight is 520 g/mol. The summed E-state index contributed by atoms with van der Waals surface area (Å²) < 4.78 is 39.3. The van der Waals surface area contributed by atoms with Gasteiger partial charge in [0.25, 0.3) is 5.91 Å². The van der Waals surface area contributed by atoms with Gasteiger partial charge in [0.1, 0.15) is 0 Å². The van der Waals surface area contributed by atoms with Crippen molar-refractivity contribution in [2.75, 3.05) is 11.9 Å². The van der Waals surface area contributed by atoms with Crippen LogP contribution < -0.4 is 10.6 Å². The van der Waals surface area contributed by atoms with E-state index in [1.54, 1.807) is 72.8 Å². The van der Waals surface area contributed by atoms with Crippen LogP contribution in [0.15, 0.2) is 78.9 Å². The topological polar surface area (TPSA) is 61.4 Å². The number of hydrogen-bond donors (Lipinski definition) is 2. The molecule has 0 aliphatic rings. The van der Waals surface area contributed by atoms with Crippen molar-refractivity contribution in [1.29, 1.82) is 0 Å². The molecule has 0 spiro atoms. The van der Waals surface area contributed by atoms with Gasteiger partial charge in [-0.05, 0) is 66.2 Å². The molecule has 0 heterocycles. The average Bonchev–Trinajstić information content (AvgIpc) is 2.82. The third-order valence-corrected chi connectivity index (χ3v) is 5.38. The van der Waals surface area contributed by atoms with Gasteiger partial charge in [0.05, 0.1) is 0 Å². The van der Waals surface area contributed by atoms with Crippen LogP contribution in [-0.4, -0.2) is 34.5 Å². The van der Waals surface area contributed by atoms with E-state index in [0.29, 0.717) is 21.8 Å². The van der Waals surface area contributed by atoms with E-state index in [2.05, 4.69) is 10.6 Å². The SMILES string of the molecule is O=C(NC(=S)Nc1ccc(CCN(Cc2cccc(Cl)c2)C(=O)C(F)(F)F)cc1)c1ccccc1. The number of rotatable bonds is 7. The highest BCUT2D eigenvalue weighted by Crippen LogP contribution is 2.22. The molecule has 182 valence electrons. The second-order valence-corrected chi connectivity index (χ2v) is 8.42. The molecule has 0 aliphatic carbocycles. The minimum Gasteiger partial charge on any atom is -0.332 e. The molecule has 2 N–H and O–H groups in total. The Bertz CT molecular complexity index is 1190. The molecule has 10 heteroatoms. The van der Waals surface area contributed by atoms with Gasteiger partial charge in [-0.25, -0.2) is 0 Å². The maximum Gasteiger partial charge on any atom is 0.471 e. The summed E-state index contributed by atoms with van der Waals surface area (Å²) in [7, 11) is 0. The lowest BCUT2D eigenvalue weighted by Crippen LogP contribution is -2.41. The lowest BCUT2D eigenvalue weighted by Gasteiger charge is -2.24. The Labute approximate surface area is 210 Å². The molecule has 0 radical (unpaired) electrons. The number of alkyl halides is 3. The Morgan fingerprint density at radius 2 is 1.60 bits per heavy atom. The summed E-state index contributed by atoms with van der Waals surface area (Å²) in [4.78, 5) is 24.9. The van der Waals surface area contributed by atoms with Crippen molar-refractivity contribution in [3.05, 3.63) is 101 Å². The number of carbonyl (C=O) groups excluding carboxylic acids is 2. The normalized spacial score (nSPS) is 11.0. The van der Waals surface area contributed by atoms with Gasteiger partial charge in [0.15, 0.2) is 5.11 Å². The summed E-state index contributed by atoms with van der Waals surface area (Å²) >= 11 is 11.1. The molecule has 3 aromatic rings. The van der Waals surface area contributed by atoms with Crippen molar-refractivity contribution in [2.45, 2.75) is 19.1 Å². The Hall–Kier alpha value is -3.43. The monoisotopic (exact) mass is 519 g/mol. The maximum atomic E-state index is 13.1. The number of amides is 2. The first-order valence-corrected chi connectivity index (χ1v) is 11.3. The zero-order chi connectivity index (χ0) is 25.4. The second kappa shape index (κ2) is 11.8. The number of thiocarbonyl (C=S) groups is 1. The molecule has 2 amide bonds. The predicted octanol–water partition coefficient (Wildman–Crippen LogP) is 5.60. The van der Waals surface area contributed by atoms with Crippen LogP contribution in [0.4, 0.5) is 18.9 Å². The number of anilines is 1. The fraction of sp³-hybridized carbons (Fsp3) is 0.160. The quantitative estimate of drug-likeness (QED) is 0.399. The smallest absolute Gasteiger partial charge is 0.332 e. The van der Waals surface area contributed by atoms with Gasteiger partial charge in [-0.2, -0.15) is 13.2 Å². The number of benzene rings is 3. The van der Waals surface area contributed by atoms with Crippen molar-refractivity contribution < 1.29 is 22.8 Å². The molecule has 0 atom stereocenters. The van der Waals surface area contributed by atoms with Gasteiger partial charge in [0.2, 0.25) is 0 Å². The van der Waals surface area contributed by atoms with E-state index in [4.69, 9.17) is 23.8 Å². The Morgan fingerprint density at radius 1 is 0.914 bits per heavy atom. The number of carbonyl (C=O) groups is 2. The van der Waals surface area contributed by atoms with Crippen LogP contribution in [0.25, 0.3) is 0 Å². The number of hydrogen-bond acceptors (Lipinski definition) is 3. The highest BCUT2D eigenvalue weighted by molar-refractivity contribution is 7.80. The van der Waals surface area contributed by atoms with Gasteiger partial charge < -0.3 is 10.2 Å². The van der Waals surface area contributed by atoms with E-state index in [1.165, 1.54) is 6.07 Å². The third-order valence-electron chi connectivity index (χ3n) is 4.94. The molecule has 0 saturated carbocycles. The molecule has 0 aliphatic heterocycles. The van der Waals surface area contributed by atoms with E-state index in [-0.39, 0.29) is 30.5 Å². The van der Waals surface area contributed by atoms with Crippen LogP contribution in [0.2, 0.25) is 5.02 Å². The van der Waals surface area contributed by atoms with Gasteiger partial charge in [-0.1, -0.05) is 54.1 Å². The minimum absolute atomic E-state index is 0.107. The summed E-state index contributed by atoms with van der Waals surface area (Å²) in [6.07, 6.45) is -4.77. The van der Waals surface area contributed by atoms with Crippen LogP contribution in [0.1, 0.15) is 21.5 Å². The molecule has 3 rings (SSSR count). The molecule has 0 unspecified atom stereocenters. The van der Waals surface area contributed by atoms with E-state index >= 15 is 0 Å². The molecule has 0 bridgehead atoms. The largest absolute Gasteiger partial charge is 0.471 e. The van der Waals surface area contributed by atoms with Crippen LogP contribution in [0.5, 0.6) is 0 Å². The summed E-state index contributed by atoms with van der Waals surface area (Å²) in [5, 5.41) is 5.94. The molecule has 0 saturated heterocycles. The van der Waals surface area contributed by atoms with Crippen LogP contribution in [0, 0.1) is 0 Å². The highest BCUT2D eigenvalue weighted by atomic mass is 35.5. The van der Waals surface area contributed by atoms with Crippen molar-refractivity contribution in [1.82, 2.24) is 10.2 Å². The minimum atomic E-state index is -4.98. The van der Waals surface area contributed by atoms with Crippen molar-refractivity contribution in [3.63, 3.8) is 0 Å². The van der Waals surface area contributed by atoms with E-state index < -0.39 is 12.1 Å². The van der Waals surface area contributed by atoms with E-state index in [9.17, 15) is 22.8 Å². The first-order valence-electron chi connectivity index (χ1n) is 10.5. The Morgan fingerprint density at radius 3 is 2.23 bits per heavy atom. The molecular weight excluding hydrogens is 499 g/mol. The number of nitrogens with one attached hydrogen (secondary N) is 2. The summed E-state index contributed by atoms with van der Waals surface area (Å²) in [6, 6.07) is 21.7. The summed E-state index contributed by atoms with van der Waals surface area (Å²) in [6.45, 7) is -0.350. The Kier molecular flexibility index (Phi) is 8.84. The number of nitrogens with zero attached hydrogens (tertiary/aromatic N) is 1. The van der Waals surface area contributed by atoms with Gasteiger partial charge in [-0.3, -0.25) is 14.9 Å². The Balaban J connectivity index is 1.59. The molecular formula is C25H21ClF3N3O2S. The van der Waals surface area contributed by atoms with Crippen LogP contribution in [0.3, 0.4) is 0 Å². The van der Waals surface area contributed by atoms with Crippen molar-refractivity contribution in [3.8, 4) is 0 Å².